The second-order valence-corrected chi connectivity index (χ2v) is 6.78. The fourth-order valence-corrected chi connectivity index (χ4v) is 3.73. The van der Waals surface area contributed by atoms with Crippen LogP contribution in [0.15, 0.2) is 46.2 Å². The first-order chi connectivity index (χ1) is 10.5. The summed E-state index contributed by atoms with van der Waals surface area (Å²) in [6, 6.07) is 8.67. The summed E-state index contributed by atoms with van der Waals surface area (Å²) in [5, 5.41) is 3.67. The molecule has 0 bridgehead atoms. The molecule has 1 aliphatic heterocycles. The molecule has 114 valence electrons. The molecular formula is C16H15ClN2O2S. The summed E-state index contributed by atoms with van der Waals surface area (Å²) < 4.78 is 1.43. The molecule has 1 aliphatic rings. The number of carbonyl (C=O) groups is 1. The lowest BCUT2D eigenvalue weighted by atomic mass is 10.0. The zero-order valence-electron chi connectivity index (χ0n) is 12.0. The summed E-state index contributed by atoms with van der Waals surface area (Å²) in [7, 11) is 1.65. The molecule has 4 nitrogen and oxygen atoms in total. The summed E-state index contributed by atoms with van der Waals surface area (Å²) >= 11 is 7.83. The molecule has 22 heavy (non-hydrogen) atoms. The molecule has 1 amide bonds. The number of fused-ring (bicyclic) bond motifs is 1. The number of carbonyl (C=O) groups excluding carboxylic acids is 1. The molecule has 0 unspecified atom stereocenters. The molecular weight excluding hydrogens is 320 g/mol. The highest BCUT2D eigenvalue weighted by Gasteiger charge is 2.23. The lowest BCUT2D eigenvalue weighted by molar-refractivity contribution is 0.0934. The minimum atomic E-state index is -0.236. The molecule has 0 saturated heterocycles. The molecule has 3 rings (SSSR count). The summed E-state index contributed by atoms with van der Waals surface area (Å²) in [4.78, 5) is 25.2. The van der Waals surface area contributed by atoms with E-state index in [1.165, 1.54) is 10.6 Å². The van der Waals surface area contributed by atoms with E-state index >= 15 is 0 Å². The van der Waals surface area contributed by atoms with E-state index in [0.29, 0.717) is 10.6 Å². The number of hydrogen-bond acceptors (Lipinski definition) is 3. The molecule has 2 aromatic rings. The van der Waals surface area contributed by atoms with Crippen molar-refractivity contribution >= 4 is 29.3 Å². The van der Waals surface area contributed by atoms with E-state index in [1.54, 1.807) is 31.1 Å². The third-order valence-electron chi connectivity index (χ3n) is 3.68. The molecule has 1 atom stereocenters. The normalized spacial score (nSPS) is 16.9. The van der Waals surface area contributed by atoms with Crippen LogP contribution in [-0.4, -0.2) is 16.2 Å². The first kappa shape index (κ1) is 15.2. The predicted molar refractivity (Wildman–Crippen MR) is 88.7 cm³/mol. The number of rotatable bonds is 2. The number of hydrogen-bond donors (Lipinski definition) is 1. The summed E-state index contributed by atoms with van der Waals surface area (Å²) in [6.07, 6.45) is 2.44. The molecule has 0 spiro atoms. The smallest absolute Gasteiger partial charge is 0.252 e. The van der Waals surface area contributed by atoms with Crippen molar-refractivity contribution in [1.29, 1.82) is 0 Å². The Hall–Kier alpha value is -1.72. The molecule has 0 saturated carbocycles. The lowest BCUT2D eigenvalue weighted by Crippen LogP contribution is -2.31. The predicted octanol–water partition coefficient (Wildman–Crippen LogP) is 3.01. The maximum Gasteiger partial charge on any atom is 0.252 e. The highest BCUT2D eigenvalue weighted by atomic mass is 35.5. The average Bonchev–Trinajstić information content (AvgIpc) is 2.50. The summed E-state index contributed by atoms with van der Waals surface area (Å²) in [6.45, 7) is 0. The van der Waals surface area contributed by atoms with Crippen LogP contribution in [0.2, 0.25) is 5.02 Å². The molecule has 1 aromatic carbocycles. The van der Waals surface area contributed by atoms with Crippen LogP contribution in [0.3, 0.4) is 0 Å². The molecule has 6 heteroatoms. The largest absolute Gasteiger partial charge is 0.345 e. The van der Waals surface area contributed by atoms with Gasteiger partial charge in [-0.1, -0.05) is 11.6 Å². The van der Waals surface area contributed by atoms with Gasteiger partial charge in [-0.2, -0.15) is 0 Å². The lowest BCUT2D eigenvalue weighted by Gasteiger charge is -2.26. The van der Waals surface area contributed by atoms with Gasteiger partial charge in [0.05, 0.1) is 6.04 Å². The Bertz CT molecular complexity index is 788. The summed E-state index contributed by atoms with van der Waals surface area (Å²) in [5.41, 5.74) is 1.22. The van der Waals surface area contributed by atoms with Crippen LogP contribution in [0.4, 0.5) is 0 Å². The van der Waals surface area contributed by atoms with Crippen molar-refractivity contribution in [3.05, 3.63) is 63.0 Å². The molecule has 1 N–H and O–H groups in total. The second kappa shape index (κ2) is 6.18. The first-order valence-electron chi connectivity index (χ1n) is 6.94. The van der Waals surface area contributed by atoms with Gasteiger partial charge in [0.15, 0.2) is 0 Å². The topological polar surface area (TPSA) is 51.1 Å². The molecule has 0 radical (unpaired) electrons. The van der Waals surface area contributed by atoms with E-state index in [2.05, 4.69) is 5.32 Å². The van der Waals surface area contributed by atoms with Crippen LogP contribution in [0.5, 0.6) is 0 Å². The van der Waals surface area contributed by atoms with Gasteiger partial charge in [-0.05, 0) is 36.2 Å². The van der Waals surface area contributed by atoms with Gasteiger partial charge in [0, 0.05) is 40.5 Å². The fourth-order valence-electron chi connectivity index (χ4n) is 2.45. The van der Waals surface area contributed by atoms with E-state index < -0.39 is 0 Å². The highest BCUT2D eigenvalue weighted by molar-refractivity contribution is 7.99. The quantitative estimate of drug-likeness (QED) is 0.918. The van der Waals surface area contributed by atoms with Gasteiger partial charge in [-0.15, -0.1) is 11.8 Å². The Kier molecular flexibility index (Phi) is 4.27. The number of halogens is 1. The van der Waals surface area contributed by atoms with Crippen LogP contribution in [-0.2, 0) is 7.05 Å². The second-order valence-electron chi connectivity index (χ2n) is 5.21. The van der Waals surface area contributed by atoms with Crippen molar-refractivity contribution in [1.82, 2.24) is 9.88 Å². The zero-order chi connectivity index (χ0) is 15.7. The van der Waals surface area contributed by atoms with Gasteiger partial charge >= 0.3 is 0 Å². The number of pyridine rings is 1. The third-order valence-corrected chi connectivity index (χ3v) is 5.04. The van der Waals surface area contributed by atoms with E-state index in [-0.39, 0.29) is 17.5 Å². The van der Waals surface area contributed by atoms with Gasteiger partial charge in [-0.3, -0.25) is 9.59 Å². The Morgan fingerprint density at radius 1 is 1.36 bits per heavy atom. The van der Waals surface area contributed by atoms with E-state index in [4.69, 9.17) is 11.6 Å². The number of aromatic nitrogens is 1. The van der Waals surface area contributed by atoms with Crippen LogP contribution in [0.25, 0.3) is 0 Å². The van der Waals surface area contributed by atoms with E-state index in [9.17, 15) is 9.59 Å². The molecule has 1 aromatic heterocycles. The first-order valence-corrected chi connectivity index (χ1v) is 8.31. The maximum absolute atomic E-state index is 12.4. The SMILES string of the molecule is Cn1ccc(C(=O)N[C@@H]2CCSc3ccc(Cl)cc32)cc1=O. The van der Waals surface area contributed by atoms with Gasteiger partial charge in [0.2, 0.25) is 0 Å². The fraction of sp³-hybridized carbons (Fsp3) is 0.250. The van der Waals surface area contributed by atoms with Crippen LogP contribution in [0.1, 0.15) is 28.4 Å². The van der Waals surface area contributed by atoms with Crippen LogP contribution in [0, 0.1) is 0 Å². The summed E-state index contributed by atoms with van der Waals surface area (Å²) in [5.74, 6) is 0.705. The molecule has 0 aliphatic carbocycles. The Morgan fingerprint density at radius 3 is 2.95 bits per heavy atom. The highest BCUT2D eigenvalue weighted by Crippen LogP contribution is 2.37. The molecule has 0 fully saturated rings. The minimum Gasteiger partial charge on any atom is -0.345 e. The van der Waals surface area contributed by atoms with Crippen LogP contribution >= 0.6 is 23.4 Å². The van der Waals surface area contributed by atoms with Crippen molar-refractivity contribution < 1.29 is 4.79 Å². The van der Waals surface area contributed by atoms with Crippen molar-refractivity contribution in [2.75, 3.05) is 5.75 Å². The van der Waals surface area contributed by atoms with Crippen molar-refractivity contribution in [2.24, 2.45) is 7.05 Å². The van der Waals surface area contributed by atoms with Gasteiger partial charge in [0.1, 0.15) is 0 Å². The Morgan fingerprint density at radius 2 is 2.18 bits per heavy atom. The van der Waals surface area contributed by atoms with Crippen molar-refractivity contribution in [3.8, 4) is 0 Å². The van der Waals surface area contributed by atoms with Gasteiger partial charge in [0.25, 0.3) is 11.5 Å². The number of nitrogens with zero attached hydrogens (tertiary/aromatic N) is 1. The minimum absolute atomic E-state index is 0.0773. The molecule has 2 heterocycles. The number of amides is 1. The number of benzene rings is 1. The van der Waals surface area contributed by atoms with Crippen molar-refractivity contribution in [2.45, 2.75) is 17.4 Å². The maximum atomic E-state index is 12.4. The van der Waals surface area contributed by atoms with Gasteiger partial charge < -0.3 is 9.88 Å². The number of aryl methyl sites for hydroxylation is 1. The number of thioether (sulfide) groups is 1. The van der Waals surface area contributed by atoms with E-state index in [1.807, 2.05) is 18.2 Å². The van der Waals surface area contributed by atoms with E-state index in [0.717, 1.165) is 22.6 Å². The monoisotopic (exact) mass is 334 g/mol. The van der Waals surface area contributed by atoms with Gasteiger partial charge in [-0.25, -0.2) is 0 Å². The third kappa shape index (κ3) is 3.05. The Labute approximate surface area is 137 Å². The Balaban J connectivity index is 1.85. The van der Waals surface area contributed by atoms with Crippen molar-refractivity contribution in [3.63, 3.8) is 0 Å². The standard InChI is InChI=1S/C16H15ClN2O2S/c1-19-6-4-10(8-15(19)20)16(21)18-13-5-7-22-14-3-2-11(17)9-12(13)14/h2-4,6,8-9,13H,5,7H2,1H3,(H,18,21)/t13-/m1/s1. The number of nitrogens with one attached hydrogen (secondary N) is 1. The zero-order valence-corrected chi connectivity index (χ0v) is 13.6. The van der Waals surface area contributed by atoms with Crippen LogP contribution < -0.4 is 10.9 Å². The average molecular weight is 335 g/mol.